The number of rotatable bonds is 4. The summed E-state index contributed by atoms with van der Waals surface area (Å²) >= 11 is 0. The summed E-state index contributed by atoms with van der Waals surface area (Å²) in [6, 6.07) is 2.92. The maximum Gasteiger partial charge on any atom is 0.267 e. The Kier molecular flexibility index (Phi) is 3.41. The molecule has 0 aromatic carbocycles. The molecule has 0 aliphatic heterocycles. The topological polar surface area (TPSA) is 70.1 Å². The molecular formula is C9H13N3O2. The third-order valence-electron chi connectivity index (χ3n) is 1.71. The first-order chi connectivity index (χ1) is 6.67. The van der Waals surface area contributed by atoms with Gasteiger partial charge in [0.05, 0.1) is 13.7 Å². The molecule has 1 aromatic heterocycles. The van der Waals surface area contributed by atoms with Gasteiger partial charge in [-0.1, -0.05) is 6.58 Å². The fourth-order valence-corrected chi connectivity index (χ4v) is 0.929. The van der Waals surface area contributed by atoms with E-state index in [-0.39, 0.29) is 5.56 Å². The Morgan fingerprint density at radius 2 is 2.43 bits per heavy atom. The predicted molar refractivity (Wildman–Crippen MR) is 53.2 cm³/mol. The summed E-state index contributed by atoms with van der Waals surface area (Å²) in [5.74, 6) is 0.398. The highest BCUT2D eigenvalue weighted by molar-refractivity contribution is 5.07. The van der Waals surface area contributed by atoms with E-state index in [0.29, 0.717) is 19.0 Å². The van der Waals surface area contributed by atoms with Gasteiger partial charge in [-0.2, -0.15) is 0 Å². The molecule has 0 bridgehead atoms. The second-order valence-corrected chi connectivity index (χ2v) is 2.83. The molecule has 5 heteroatoms. The van der Waals surface area contributed by atoms with Crippen LogP contribution >= 0.6 is 0 Å². The molecule has 0 saturated heterocycles. The van der Waals surface area contributed by atoms with Crippen molar-refractivity contribution in [2.75, 3.05) is 13.7 Å². The Morgan fingerprint density at radius 3 is 3.00 bits per heavy atom. The van der Waals surface area contributed by atoms with Crippen LogP contribution in [-0.2, 0) is 6.54 Å². The normalized spacial score (nSPS) is 9.86. The molecule has 0 atom stereocenters. The lowest BCUT2D eigenvalue weighted by Gasteiger charge is -2.06. The van der Waals surface area contributed by atoms with Gasteiger partial charge in [-0.25, -0.2) is 4.68 Å². The maximum atomic E-state index is 11.3. The van der Waals surface area contributed by atoms with Crippen LogP contribution in [0.5, 0.6) is 5.88 Å². The highest BCUT2D eigenvalue weighted by atomic mass is 16.5. The number of nitrogens with zero attached hydrogens (tertiary/aromatic N) is 2. The molecule has 1 heterocycles. The van der Waals surface area contributed by atoms with Gasteiger partial charge < -0.3 is 10.5 Å². The number of aromatic nitrogens is 2. The van der Waals surface area contributed by atoms with Crippen LogP contribution in [0.2, 0.25) is 0 Å². The van der Waals surface area contributed by atoms with Crippen molar-refractivity contribution in [2.24, 2.45) is 5.73 Å². The van der Waals surface area contributed by atoms with E-state index in [1.165, 1.54) is 23.9 Å². The molecule has 0 radical (unpaired) electrons. The van der Waals surface area contributed by atoms with Crippen molar-refractivity contribution in [3.05, 3.63) is 34.6 Å². The summed E-state index contributed by atoms with van der Waals surface area (Å²) in [4.78, 5) is 11.3. The smallest absolute Gasteiger partial charge is 0.267 e. The van der Waals surface area contributed by atoms with E-state index in [9.17, 15) is 4.79 Å². The van der Waals surface area contributed by atoms with E-state index in [4.69, 9.17) is 10.5 Å². The average molecular weight is 195 g/mol. The van der Waals surface area contributed by atoms with E-state index in [1.54, 1.807) is 0 Å². The number of nitrogens with two attached hydrogens (primary N) is 1. The average Bonchev–Trinajstić information content (AvgIpc) is 2.21. The zero-order valence-electron chi connectivity index (χ0n) is 8.06. The molecule has 1 aromatic rings. The van der Waals surface area contributed by atoms with Crippen molar-refractivity contribution in [3.8, 4) is 5.88 Å². The van der Waals surface area contributed by atoms with E-state index in [0.717, 1.165) is 5.57 Å². The van der Waals surface area contributed by atoms with Crippen molar-refractivity contribution in [2.45, 2.75) is 6.54 Å². The second kappa shape index (κ2) is 4.57. The van der Waals surface area contributed by atoms with Crippen LogP contribution in [0.4, 0.5) is 0 Å². The number of hydrogen-bond acceptors (Lipinski definition) is 4. The van der Waals surface area contributed by atoms with E-state index in [1.807, 2.05) is 0 Å². The van der Waals surface area contributed by atoms with Crippen LogP contribution in [0.1, 0.15) is 0 Å². The summed E-state index contributed by atoms with van der Waals surface area (Å²) in [7, 11) is 1.49. The van der Waals surface area contributed by atoms with Crippen LogP contribution in [-0.4, -0.2) is 23.4 Å². The second-order valence-electron chi connectivity index (χ2n) is 2.83. The first-order valence-electron chi connectivity index (χ1n) is 4.16. The van der Waals surface area contributed by atoms with Crippen molar-refractivity contribution in [3.63, 3.8) is 0 Å². The molecule has 0 aliphatic rings. The largest absolute Gasteiger partial charge is 0.480 e. The van der Waals surface area contributed by atoms with Gasteiger partial charge in [-0.3, -0.25) is 4.79 Å². The number of ether oxygens (including phenoxy) is 1. The number of methoxy groups -OCH3 is 1. The van der Waals surface area contributed by atoms with Crippen molar-refractivity contribution < 1.29 is 4.74 Å². The van der Waals surface area contributed by atoms with Gasteiger partial charge in [0.15, 0.2) is 0 Å². The first-order valence-corrected chi connectivity index (χ1v) is 4.16. The van der Waals surface area contributed by atoms with Gasteiger partial charge in [0.25, 0.3) is 5.56 Å². The summed E-state index contributed by atoms with van der Waals surface area (Å²) in [5.41, 5.74) is 5.92. The van der Waals surface area contributed by atoms with Crippen molar-refractivity contribution >= 4 is 0 Å². The minimum Gasteiger partial charge on any atom is -0.480 e. The standard InChI is InChI=1S/C9H13N3O2/c1-7(5-10)6-12-9(13)4-3-8(11-12)14-2/h3-4H,1,5-6,10H2,2H3. The summed E-state index contributed by atoms with van der Waals surface area (Å²) < 4.78 is 6.17. The molecule has 0 unspecified atom stereocenters. The van der Waals surface area contributed by atoms with Gasteiger partial charge in [-0.05, 0) is 5.57 Å². The lowest BCUT2D eigenvalue weighted by Crippen LogP contribution is -2.24. The Hall–Kier alpha value is -1.62. The maximum absolute atomic E-state index is 11.3. The zero-order valence-corrected chi connectivity index (χ0v) is 8.06. The lowest BCUT2D eigenvalue weighted by molar-refractivity contribution is 0.378. The van der Waals surface area contributed by atoms with Crippen LogP contribution in [0, 0.1) is 0 Å². The fraction of sp³-hybridized carbons (Fsp3) is 0.333. The molecule has 14 heavy (non-hydrogen) atoms. The predicted octanol–water partition coefficient (Wildman–Crippen LogP) is -0.233. The molecule has 0 amide bonds. The van der Waals surface area contributed by atoms with Gasteiger partial charge in [0.2, 0.25) is 5.88 Å². The minimum absolute atomic E-state index is 0.194. The van der Waals surface area contributed by atoms with E-state index >= 15 is 0 Å². The molecule has 0 fully saturated rings. The summed E-state index contributed by atoms with van der Waals surface area (Å²) in [6.07, 6.45) is 0. The molecule has 76 valence electrons. The van der Waals surface area contributed by atoms with Crippen molar-refractivity contribution in [1.82, 2.24) is 9.78 Å². The third kappa shape index (κ3) is 2.43. The monoisotopic (exact) mass is 195 g/mol. The Bertz CT molecular complexity index is 384. The van der Waals surface area contributed by atoms with E-state index < -0.39 is 0 Å². The molecule has 0 aliphatic carbocycles. The van der Waals surface area contributed by atoms with Gasteiger partial charge in [0, 0.05) is 18.7 Å². The fourth-order valence-electron chi connectivity index (χ4n) is 0.929. The Balaban J connectivity index is 2.95. The molecule has 0 spiro atoms. The van der Waals surface area contributed by atoms with Gasteiger partial charge in [-0.15, -0.1) is 5.10 Å². The van der Waals surface area contributed by atoms with Gasteiger partial charge in [0.1, 0.15) is 0 Å². The van der Waals surface area contributed by atoms with E-state index in [2.05, 4.69) is 11.7 Å². The van der Waals surface area contributed by atoms with Crippen LogP contribution in [0.25, 0.3) is 0 Å². The van der Waals surface area contributed by atoms with Crippen LogP contribution in [0.15, 0.2) is 29.1 Å². The lowest BCUT2D eigenvalue weighted by atomic mass is 10.3. The minimum atomic E-state index is -0.194. The van der Waals surface area contributed by atoms with Crippen molar-refractivity contribution in [1.29, 1.82) is 0 Å². The highest BCUT2D eigenvalue weighted by Gasteiger charge is 2.01. The quantitative estimate of drug-likeness (QED) is 0.673. The molecule has 5 nitrogen and oxygen atoms in total. The molecule has 1 rings (SSSR count). The number of hydrogen-bond donors (Lipinski definition) is 1. The molecule has 2 N–H and O–H groups in total. The molecule has 0 saturated carbocycles. The Morgan fingerprint density at radius 1 is 1.71 bits per heavy atom. The highest BCUT2D eigenvalue weighted by Crippen LogP contribution is 2.00. The third-order valence-corrected chi connectivity index (χ3v) is 1.71. The molecular weight excluding hydrogens is 182 g/mol. The summed E-state index contributed by atoms with van der Waals surface area (Å²) in [5, 5.41) is 3.94. The Labute approximate surface area is 81.8 Å². The van der Waals surface area contributed by atoms with Gasteiger partial charge >= 0.3 is 0 Å². The SMILES string of the molecule is C=C(CN)Cn1nc(OC)ccc1=O. The first kappa shape index (κ1) is 10.5. The summed E-state index contributed by atoms with van der Waals surface area (Å²) in [6.45, 7) is 4.36. The van der Waals surface area contributed by atoms with Crippen LogP contribution in [0.3, 0.4) is 0 Å². The zero-order chi connectivity index (χ0) is 10.6. The van der Waals surface area contributed by atoms with Crippen LogP contribution < -0.4 is 16.0 Å².